The van der Waals surface area contributed by atoms with Crippen LogP contribution in [0.25, 0.3) is 0 Å². The third-order valence-corrected chi connectivity index (χ3v) is 7.48. The molecule has 4 rings (SSSR count). The molecule has 0 bridgehead atoms. The standard InChI is InChI=1S/C12H18F2N2O2.C8H14F2O4S.C5H8N2O/c1-3-9-8(2)12(13,14)10(18-9)16-7-5-4-6-15-11(16)17;1-4-6-5(2)8(9,10)7(13-6)14-15(3,11)12;8-5-6-3-1-2-4-7-5/h4-5,8-10H,3,6-7H2,1-2H3,(H,15,17);5-7H,4H2,1-3H3;1-2H,3-4H2,(H2,6,7,8)/t8-,9-,10-;5-,6-,7?;/m11./s1. The van der Waals surface area contributed by atoms with E-state index in [0.717, 1.165) is 11.2 Å². The van der Waals surface area contributed by atoms with Crippen molar-refractivity contribution in [3.8, 4) is 0 Å². The lowest BCUT2D eigenvalue weighted by molar-refractivity contribution is -0.174. The lowest BCUT2D eigenvalue weighted by atomic mass is 9.97. The van der Waals surface area contributed by atoms with Gasteiger partial charge in [-0.1, -0.05) is 52.0 Å². The molecule has 4 heterocycles. The van der Waals surface area contributed by atoms with Crippen LogP contribution in [0.1, 0.15) is 40.5 Å². The molecule has 4 aliphatic rings. The van der Waals surface area contributed by atoms with Crippen molar-refractivity contribution in [2.24, 2.45) is 11.8 Å². The van der Waals surface area contributed by atoms with Gasteiger partial charge in [0.05, 0.1) is 30.3 Å². The van der Waals surface area contributed by atoms with Crippen LogP contribution in [-0.4, -0.2) is 94.4 Å². The number of hydrogen-bond acceptors (Lipinski definition) is 7. The highest BCUT2D eigenvalue weighted by Crippen LogP contribution is 2.44. The number of nitrogens with zero attached hydrogens (tertiary/aromatic N) is 1. The molecule has 0 aromatic heterocycles. The first-order valence-electron chi connectivity index (χ1n) is 13.4. The molecule has 6 atom stereocenters. The second kappa shape index (κ2) is 14.6. The molecule has 0 aliphatic carbocycles. The van der Waals surface area contributed by atoms with Crippen LogP contribution in [0.4, 0.5) is 27.2 Å². The summed E-state index contributed by atoms with van der Waals surface area (Å²) in [5.74, 6) is -8.22. The fraction of sp³-hybridized carbons (Fsp3) is 0.760. The predicted molar refractivity (Wildman–Crippen MR) is 142 cm³/mol. The highest BCUT2D eigenvalue weighted by molar-refractivity contribution is 7.86. The van der Waals surface area contributed by atoms with Gasteiger partial charge in [-0.15, -0.1) is 0 Å². The third kappa shape index (κ3) is 9.28. The highest BCUT2D eigenvalue weighted by atomic mass is 32.2. The molecule has 11 nitrogen and oxygen atoms in total. The number of hydrogen-bond donors (Lipinski definition) is 3. The number of rotatable bonds is 5. The van der Waals surface area contributed by atoms with Gasteiger partial charge >= 0.3 is 18.0 Å². The number of ether oxygens (including phenoxy) is 2. The zero-order chi connectivity index (χ0) is 31.0. The summed E-state index contributed by atoms with van der Waals surface area (Å²) in [6.07, 6.45) is 4.24. The second-order valence-electron chi connectivity index (χ2n) is 9.95. The molecule has 0 aromatic carbocycles. The average molecular weight is 617 g/mol. The first-order valence-corrected chi connectivity index (χ1v) is 15.2. The minimum atomic E-state index is -3.94. The van der Waals surface area contributed by atoms with E-state index in [-0.39, 0.29) is 12.6 Å². The molecule has 0 spiro atoms. The fourth-order valence-corrected chi connectivity index (χ4v) is 4.93. The Labute approximate surface area is 238 Å². The van der Waals surface area contributed by atoms with Crippen molar-refractivity contribution in [2.45, 2.75) is 77.1 Å². The quantitative estimate of drug-likeness (QED) is 0.245. The Morgan fingerprint density at radius 3 is 1.85 bits per heavy atom. The predicted octanol–water partition coefficient (Wildman–Crippen LogP) is 3.20. The van der Waals surface area contributed by atoms with E-state index in [1.807, 2.05) is 19.1 Å². The normalized spacial score (nSPS) is 32.3. The smallest absolute Gasteiger partial charge is 0.320 e. The van der Waals surface area contributed by atoms with Gasteiger partial charge in [0, 0.05) is 26.2 Å². The van der Waals surface area contributed by atoms with Gasteiger partial charge in [-0.25, -0.2) is 31.3 Å². The maximum Gasteiger partial charge on any atom is 0.320 e. The van der Waals surface area contributed by atoms with Crippen LogP contribution in [0.15, 0.2) is 24.3 Å². The Balaban J connectivity index is 0.000000230. The van der Waals surface area contributed by atoms with Crippen LogP contribution < -0.4 is 16.0 Å². The number of carbonyl (C=O) groups excluding carboxylic acids is 2. The van der Waals surface area contributed by atoms with Crippen LogP contribution in [0, 0.1) is 11.8 Å². The Hall–Kier alpha value is -2.43. The summed E-state index contributed by atoms with van der Waals surface area (Å²) in [5.41, 5.74) is 0. The monoisotopic (exact) mass is 616 g/mol. The number of urea groups is 2. The fourth-order valence-electron chi connectivity index (χ4n) is 4.44. The highest BCUT2D eigenvalue weighted by Gasteiger charge is 2.59. The van der Waals surface area contributed by atoms with E-state index in [1.54, 1.807) is 19.1 Å². The van der Waals surface area contributed by atoms with Crippen molar-refractivity contribution in [1.29, 1.82) is 0 Å². The van der Waals surface area contributed by atoms with E-state index < -0.39 is 64.6 Å². The van der Waals surface area contributed by atoms with Gasteiger partial charge in [-0.3, -0.25) is 4.90 Å². The second-order valence-corrected chi connectivity index (χ2v) is 11.5. The largest absolute Gasteiger partial charge is 0.348 e. The van der Waals surface area contributed by atoms with Crippen molar-refractivity contribution in [3.05, 3.63) is 24.3 Å². The van der Waals surface area contributed by atoms with Crippen LogP contribution in [0.3, 0.4) is 0 Å². The van der Waals surface area contributed by atoms with Gasteiger partial charge in [0.2, 0.25) is 6.29 Å². The molecule has 3 N–H and O–H groups in total. The third-order valence-electron chi connectivity index (χ3n) is 6.95. The van der Waals surface area contributed by atoms with Crippen LogP contribution in [-0.2, 0) is 23.8 Å². The minimum absolute atomic E-state index is 0.0880. The van der Waals surface area contributed by atoms with E-state index in [0.29, 0.717) is 32.5 Å². The Morgan fingerprint density at radius 2 is 1.37 bits per heavy atom. The van der Waals surface area contributed by atoms with Gasteiger partial charge in [-0.2, -0.15) is 8.42 Å². The molecule has 4 amide bonds. The minimum Gasteiger partial charge on any atom is -0.348 e. The van der Waals surface area contributed by atoms with Crippen molar-refractivity contribution in [2.75, 3.05) is 32.4 Å². The van der Waals surface area contributed by atoms with Gasteiger partial charge < -0.3 is 25.4 Å². The van der Waals surface area contributed by atoms with Gasteiger partial charge in [0.25, 0.3) is 16.0 Å². The van der Waals surface area contributed by atoms with Crippen molar-refractivity contribution < 1.29 is 49.2 Å². The summed E-state index contributed by atoms with van der Waals surface area (Å²) in [7, 11) is -3.94. The number of amides is 4. The molecule has 0 aromatic rings. The van der Waals surface area contributed by atoms with E-state index in [1.165, 1.54) is 13.8 Å². The first-order chi connectivity index (χ1) is 19.1. The molecule has 2 fully saturated rings. The number of nitrogens with one attached hydrogen (secondary N) is 3. The van der Waals surface area contributed by atoms with Gasteiger partial charge in [0.15, 0.2) is 6.23 Å². The summed E-state index contributed by atoms with van der Waals surface area (Å²) in [6, 6.07) is -0.594. The zero-order valence-corrected chi connectivity index (χ0v) is 24.6. The van der Waals surface area contributed by atoms with Crippen molar-refractivity contribution in [3.63, 3.8) is 0 Å². The van der Waals surface area contributed by atoms with Gasteiger partial charge in [0.1, 0.15) is 0 Å². The maximum absolute atomic E-state index is 14.2. The number of halogens is 4. The van der Waals surface area contributed by atoms with E-state index >= 15 is 0 Å². The van der Waals surface area contributed by atoms with E-state index in [2.05, 4.69) is 20.1 Å². The molecule has 4 aliphatic heterocycles. The molecule has 16 heteroatoms. The lowest BCUT2D eigenvalue weighted by Crippen LogP contribution is -2.52. The molecule has 0 radical (unpaired) electrons. The lowest BCUT2D eigenvalue weighted by Gasteiger charge is -2.30. The number of alkyl halides is 4. The summed E-state index contributed by atoms with van der Waals surface area (Å²) in [6.45, 7) is 8.09. The summed E-state index contributed by atoms with van der Waals surface area (Å²) >= 11 is 0. The van der Waals surface area contributed by atoms with E-state index in [9.17, 15) is 35.6 Å². The summed E-state index contributed by atoms with van der Waals surface area (Å²) in [4.78, 5) is 23.2. The molecular formula is C25H40F4N4O7S. The Morgan fingerprint density at radius 1 is 0.878 bits per heavy atom. The van der Waals surface area contributed by atoms with Crippen molar-refractivity contribution >= 4 is 22.2 Å². The van der Waals surface area contributed by atoms with Crippen LogP contribution in [0.2, 0.25) is 0 Å². The molecule has 41 heavy (non-hydrogen) atoms. The van der Waals surface area contributed by atoms with E-state index in [4.69, 9.17) is 9.47 Å². The molecule has 236 valence electrons. The molecular weight excluding hydrogens is 576 g/mol. The van der Waals surface area contributed by atoms with Crippen molar-refractivity contribution in [1.82, 2.24) is 20.9 Å². The van der Waals surface area contributed by atoms with Crippen LogP contribution >= 0.6 is 0 Å². The summed E-state index contributed by atoms with van der Waals surface area (Å²) in [5, 5.41) is 7.76. The molecule has 0 saturated carbocycles. The average Bonchev–Trinajstić information content (AvgIpc) is 3.11. The molecule has 2 saturated heterocycles. The Kier molecular flexibility index (Phi) is 12.4. The maximum atomic E-state index is 14.2. The first kappa shape index (κ1) is 34.8. The molecule has 1 unspecified atom stereocenters. The SMILES string of the molecule is CC[C@H]1OC(OS(C)(=O)=O)C(F)(F)[C@@H]1C.CC[C@H]1O[C@@H](N2CC=CCNC2=O)C(F)(F)[C@@H]1C.O=C1NCC=CCN1. The zero-order valence-electron chi connectivity index (χ0n) is 23.7. The van der Waals surface area contributed by atoms with Crippen LogP contribution in [0.5, 0.6) is 0 Å². The Bertz CT molecular complexity index is 1050. The number of carbonyl (C=O) groups is 2. The topological polar surface area (TPSA) is 135 Å². The summed E-state index contributed by atoms with van der Waals surface area (Å²) < 4.78 is 91.2. The van der Waals surface area contributed by atoms with Gasteiger partial charge in [-0.05, 0) is 12.8 Å².